The fraction of sp³-hybridized carbons (Fsp3) is 0.364. The van der Waals surface area contributed by atoms with Crippen molar-refractivity contribution in [1.82, 2.24) is 14.9 Å². The molecule has 2 aromatic rings. The van der Waals surface area contributed by atoms with Gasteiger partial charge in [0.25, 0.3) is 0 Å². The molecule has 2 N–H and O–H groups in total. The lowest BCUT2D eigenvalue weighted by atomic mass is 10.0. The molecule has 7 nitrogen and oxygen atoms in total. The molecule has 0 unspecified atom stereocenters. The van der Waals surface area contributed by atoms with Gasteiger partial charge in [-0.3, -0.25) is 9.59 Å². The summed E-state index contributed by atoms with van der Waals surface area (Å²) in [6.07, 6.45) is 2.67. The fourth-order valence-corrected chi connectivity index (χ4v) is 5.34. The summed E-state index contributed by atoms with van der Waals surface area (Å²) in [5, 5.41) is 5.12. The second-order valence-electron chi connectivity index (χ2n) is 7.43. The molecular formula is C22H26FN3O4S. The zero-order valence-electron chi connectivity index (χ0n) is 17.1. The van der Waals surface area contributed by atoms with Crippen LogP contribution in [0.5, 0.6) is 0 Å². The van der Waals surface area contributed by atoms with Crippen LogP contribution in [-0.2, 0) is 26.2 Å². The summed E-state index contributed by atoms with van der Waals surface area (Å²) < 4.78 is 40.6. The molecular weight excluding hydrogens is 421 g/mol. The molecule has 3 rings (SSSR count). The summed E-state index contributed by atoms with van der Waals surface area (Å²) in [5.74, 6) is -1.98. The Labute approximate surface area is 181 Å². The van der Waals surface area contributed by atoms with Crippen molar-refractivity contribution >= 4 is 21.8 Å². The molecule has 2 amide bonds. The highest BCUT2D eigenvalue weighted by Gasteiger charge is 2.33. The van der Waals surface area contributed by atoms with Gasteiger partial charge in [0.1, 0.15) is 5.82 Å². The smallest absolute Gasteiger partial charge is 0.309 e. The molecule has 1 fully saturated rings. The maximum Gasteiger partial charge on any atom is 0.309 e. The molecule has 1 heterocycles. The van der Waals surface area contributed by atoms with Gasteiger partial charge in [0.15, 0.2) is 0 Å². The van der Waals surface area contributed by atoms with Gasteiger partial charge in [-0.25, -0.2) is 12.8 Å². The Morgan fingerprint density at radius 3 is 2.35 bits per heavy atom. The zero-order valence-corrected chi connectivity index (χ0v) is 17.9. The number of piperidine rings is 1. The Balaban J connectivity index is 1.52. The minimum absolute atomic E-state index is 0.0464. The number of amides is 2. The van der Waals surface area contributed by atoms with Gasteiger partial charge in [0, 0.05) is 25.7 Å². The molecule has 0 aromatic heterocycles. The number of benzene rings is 2. The van der Waals surface area contributed by atoms with Crippen molar-refractivity contribution in [2.75, 3.05) is 13.1 Å². The molecule has 0 radical (unpaired) electrons. The van der Waals surface area contributed by atoms with E-state index in [4.69, 9.17) is 0 Å². The van der Waals surface area contributed by atoms with Gasteiger partial charge in [-0.2, -0.15) is 4.31 Å². The van der Waals surface area contributed by atoms with E-state index in [9.17, 15) is 22.4 Å². The molecule has 1 aliphatic heterocycles. The standard InChI is InChI=1S/C22H26FN3O4S/c23-18-9-11-20(12-10-18)31(29,30)26-15-5-4-8-19(26)13-14-24-21(27)22(28)25-16-17-6-2-1-3-7-17/h1-3,6-7,9-12,19H,4-5,8,13-16H2,(H,24,27)(H,25,28)/t19-/m0/s1. The third-order valence-corrected chi connectivity index (χ3v) is 7.22. The van der Waals surface area contributed by atoms with Gasteiger partial charge in [0.2, 0.25) is 10.0 Å². The average Bonchev–Trinajstić information content (AvgIpc) is 2.78. The van der Waals surface area contributed by atoms with Crippen LogP contribution in [0.1, 0.15) is 31.2 Å². The first-order valence-electron chi connectivity index (χ1n) is 10.3. The number of hydrogen-bond donors (Lipinski definition) is 2. The maximum absolute atomic E-state index is 13.2. The molecule has 0 saturated carbocycles. The zero-order chi connectivity index (χ0) is 22.3. The van der Waals surface area contributed by atoms with Gasteiger partial charge in [-0.1, -0.05) is 36.8 Å². The molecule has 0 bridgehead atoms. The van der Waals surface area contributed by atoms with Gasteiger partial charge < -0.3 is 10.6 Å². The number of sulfonamides is 1. The Morgan fingerprint density at radius 2 is 1.65 bits per heavy atom. The van der Waals surface area contributed by atoms with Crippen molar-refractivity contribution in [3.8, 4) is 0 Å². The Kier molecular flexibility index (Phi) is 7.75. The molecule has 166 valence electrons. The van der Waals surface area contributed by atoms with Crippen molar-refractivity contribution < 1.29 is 22.4 Å². The van der Waals surface area contributed by atoms with E-state index in [2.05, 4.69) is 10.6 Å². The van der Waals surface area contributed by atoms with E-state index in [0.717, 1.165) is 30.5 Å². The minimum Gasteiger partial charge on any atom is -0.348 e. The van der Waals surface area contributed by atoms with Gasteiger partial charge in [-0.05, 0) is 49.1 Å². The summed E-state index contributed by atoms with van der Waals surface area (Å²) in [5.41, 5.74) is 0.882. The van der Waals surface area contributed by atoms with Crippen LogP contribution in [0, 0.1) is 5.82 Å². The largest absolute Gasteiger partial charge is 0.348 e. The SMILES string of the molecule is O=C(NCC[C@@H]1CCCCN1S(=O)(=O)c1ccc(F)cc1)C(=O)NCc1ccccc1. The first kappa shape index (κ1) is 22.9. The summed E-state index contributed by atoms with van der Waals surface area (Å²) in [6, 6.07) is 13.7. The predicted octanol–water partition coefficient (Wildman–Crippen LogP) is 2.19. The molecule has 1 atom stereocenters. The number of nitrogens with one attached hydrogen (secondary N) is 2. The van der Waals surface area contributed by atoms with E-state index in [0.29, 0.717) is 19.4 Å². The Morgan fingerprint density at radius 1 is 0.968 bits per heavy atom. The highest BCUT2D eigenvalue weighted by Crippen LogP contribution is 2.27. The van der Waals surface area contributed by atoms with Gasteiger partial charge >= 0.3 is 11.8 Å². The van der Waals surface area contributed by atoms with Crippen molar-refractivity contribution in [2.24, 2.45) is 0 Å². The number of carbonyl (C=O) groups is 2. The van der Waals surface area contributed by atoms with Crippen LogP contribution in [-0.4, -0.2) is 43.7 Å². The quantitative estimate of drug-likeness (QED) is 0.636. The Hall–Kier alpha value is -2.78. The molecule has 0 spiro atoms. The average molecular weight is 448 g/mol. The van der Waals surface area contributed by atoms with Crippen LogP contribution < -0.4 is 10.6 Å². The summed E-state index contributed by atoms with van der Waals surface area (Å²) in [7, 11) is -3.76. The van der Waals surface area contributed by atoms with E-state index in [-0.39, 0.29) is 24.0 Å². The van der Waals surface area contributed by atoms with Crippen LogP contribution >= 0.6 is 0 Å². The van der Waals surface area contributed by atoms with Crippen molar-refractivity contribution in [3.63, 3.8) is 0 Å². The number of carbonyl (C=O) groups excluding carboxylic acids is 2. The second-order valence-corrected chi connectivity index (χ2v) is 9.32. The van der Waals surface area contributed by atoms with Crippen LogP contribution in [0.2, 0.25) is 0 Å². The number of hydrogen-bond acceptors (Lipinski definition) is 4. The first-order chi connectivity index (χ1) is 14.9. The molecule has 1 aliphatic rings. The van der Waals surface area contributed by atoms with E-state index in [1.54, 1.807) is 0 Å². The van der Waals surface area contributed by atoms with E-state index < -0.39 is 27.7 Å². The van der Waals surface area contributed by atoms with Crippen molar-refractivity contribution in [1.29, 1.82) is 0 Å². The van der Waals surface area contributed by atoms with Crippen LogP contribution in [0.3, 0.4) is 0 Å². The highest BCUT2D eigenvalue weighted by molar-refractivity contribution is 7.89. The number of halogens is 1. The van der Waals surface area contributed by atoms with Crippen molar-refractivity contribution in [3.05, 3.63) is 66.0 Å². The molecule has 31 heavy (non-hydrogen) atoms. The lowest BCUT2D eigenvalue weighted by molar-refractivity contribution is -0.139. The molecule has 0 aliphatic carbocycles. The Bertz CT molecular complexity index is 997. The maximum atomic E-state index is 13.2. The van der Waals surface area contributed by atoms with E-state index >= 15 is 0 Å². The lowest BCUT2D eigenvalue weighted by Crippen LogP contribution is -2.46. The van der Waals surface area contributed by atoms with Gasteiger partial charge in [0.05, 0.1) is 4.90 Å². The summed E-state index contributed by atoms with van der Waals surface area (Å²) >= 11 is 0. The third-order valence-electron chi connectivity index (χ3n) is 5.26. The van der Waals surface area contributed by atoms with Crippen molar-refractivity contribution in [2.45, 2.75) is 43.2 Å². The normalized spacial score (nSPS) is 17.1. The number of rotatable bonds is 7. The minimum atomic E-state index is -3.76. The fourth-order valence-electron chi connectivity index (χ4n) is 3.61. The number of nitrogens with zero attached hydrogens (tertiary/aromatic N) is 1. The monoisotopic (exact) mass is 447 g/mol. The summed E-state index contributed by atoms with van der Waals surface area (Å²) in [4.78, 5) is 24.1. The molecule has 9 heteroatoms. The lowest BCUT2D eigenvalue weighted by Gasteiger charge is -2.34. The van der Waals surface area contributed by atoms with Crippen LogP contribution in [0.4, 0.5) is 4.39 Å². The molecule has 1 saturated heterocycles. The molecule has 2 aromatic carbocycles. The van der Waals surface area contributed by atoms with Crippen LogP contribution in [0.25, 0.3) is 0 Å². The topological polar surface area (TPSA) is 95.6 Å². The highest BCUT2D eigenvalue weighted by atomic mass is 32.2. The van der Waals surface area contributed by atoms with Crippen LogP contribution in [0.15, 0.2) is 59.5 Å². The van der Waals surface area contributed by atoms with E-state index in [1.165, 1.54) is 16.4 Å². The predicted molar refractivity (Wildman–Crippen MR) is 114 cm³/mol. The van der Waals surface area contributed by atoms with Gasteiger partial charge in [-0.15, -0.1) is 0 Å². The van der Waals surface area contributed by atoms with E-state index in [1.807, 2.05) is 30.3 Å². The second kappa shape index (κ2) is 10.5. The first-order valence-corrected chi connectivity index (χ1v) is 11.7. The summed E-state index contributed by atoms with van der Waals surface area (Å²) in [6.45, 7) is 0.799. The third kappa shape index (κ3) is 6.11.